The molecule has 0 aliphatic rings. The molecule has 5 nitrogen and oxygen atoms in total. The van der Waals surface area contributed by atoms with E-state index < -0.39 is 0 Å². The van der Waals surface area contributed by atoms with E-state index in [2.05, 4.69) is 37.7 Å². The van der Waals surface area contributed by atoms with E-state index in [9.17, 15) is 0 Å². The fourth-order valence-electron chi connectivity index (χ4n) is 0.653. The van der Waals surface area contributed by atoms with Crippen LogP contribution < -0.4 is 0 Å². The van der Waals surface area contributed by atoms with Gasteiger partial charge in [0.15, 0.2) is 0 Å². The quantitative estimate of drug-likeness (QED) is 0.355. The molecule has 0 N–H and O–H groups in total. The van der Waals surface area contributed by atoms with Gasteiger partial charge in [0, 0.05) is 24.2 Å². The first-order valence-corrected chi connectivity index (χ1v) is 4.09. The van der Waals surface area contributed by atoms with Crippen molar-refractivity contribution in [3.63, 3.8) is 0 Å². The van der Waals surface area contributed by atoms with Gasteiger partial charge in [0.1, 0.15) is 0 Å². The van der Waals surface area contributed by atoms with Gasteiger partial charge in [0.2, 0.25) is 0 Å². The van der Waals surface area contributed by atoms with E-state index in [1.54, 1.807) is 10.9 Å². The Balaban J connectivity index is 2.44. The summed E-state index contributed by atoms with van der Waals surface area (Å²) in [5.41, 5.74) is 7.98. The van der Waals surface area contributed by atoms with Crippen LogP contribution in [0.3, 0.4) is 0 Å². The molecule has 0 radical (unpaired) electrons. The van der Waals surface area contributed by atoms with Gasteiger partial charge in [-0.15, -0.1) is 0 Å². The molecule has 0 bridgehead atoms. The molecule has 0 aromatic carbocycles. The molecule has 0 spiro atoms. The van der Waals surface area contributed by atoms with Crippen LogP contribution in [0.15, 0.2) is 17.5 Å². The highest BCUT2D eigenvalue weighted by atomic mass is 127. The van der Waals surface area contributed by atoms with Crippen LogP contribution in [0.1, 0.15) is 0 Å². The summed E-state index contributed by atoms with van der Waals surface area (Å²) in [5.74, 6) is 0. The van der Waals surface area contributed by atoms with Gasteiger partial charge in [-0.1, -0.05) is 5.11 Å². The average molecular weight is 263 g/mol. The molecule has 0 aliphatic heterocycles. The maximum Gasteiger partial charge on any atom is 0.0623 e. The third kappa shape index (κ3) is 2.77. The molecule has 0 fully saturated rings. The van der Waals surface area contributed by atoms with E-state index in [1.807, 2.05) is 6.20 Å². The van der Waals surface area contributed by atoms with Gasteiger partial charge in [-0.25, -0.2) is 0 Å². The molecule has 0 amide bonds. The van der Waals surface area contributed by atoms with Crippen molar-refractivity contribution in [2.75, 3.05) is 6.54 Å². The predicted octanol–water partition coefficient (Wildman–Crippen LogP) is 1.80. The highest BCUT2D eigenvalue weighted by Crippen LogP contribution is 2.00. The van der Waals surface area contributed by atoms with E-state index in [0.29, 0.717) is 13.1 Å². The van der Waals surface area contributed by atoms with E-state index in [4.69, 9.17) is 5.53 Å². The van der Waals surface area contributed by atoms with Gasteiger partial charge in [0.25, 0.3) is 0 Å². The Morgan fingerprint density at radius 2 is 2.64 bits per heavy atom. The van der Waals surface area contributed by atoms with Gasteiger partial charge in [-0.05, 0) is 28.1 Å². The fourth-order valence-corrected chi connectivity index (χ4v) is 1.10. The first-order valence-electron chi connectivity index (χ1n) is 3.02. The minimum atomic E-state index is 0.453. The second-order valence-corrected chi connectivity index (χ2v) is 3.12. The number of hydrogen-bond donors (Lipinski definition) is 0. The summed E-state index contributed by atoms with van der Waals surface area (Å²) >= 11 is 2.17. The topological polar surface area (TPSA) is 66.6 Å². The van der Waals surface area contributed by atoms with Crippen LogP contribution in [0.2, 0.25) is 0 Å². The lowest BCUT2D eigenvalue weighted by Crippen LogP contribution is -2.00. The van der Waals surface area contributed by atoms with Crippen molar-refractivity contribution in [1.82, 2.24) is 9.78 Å². The summed E-state index contributed by atoms with van der Waals surface area (Å²) in [6.07, 6.45) is 3.66. The highest BCUT2D eigenvalue weighted by Gasteiger charge is 1.91. The summed E-state index contributed by atoms with van der Waals surface area (Å²) in [6.45, 7) is 1.10. The number of hydrogen-bond acceptors (Lipinski definition) is 2. The first-order chi connectivity index (χ1) is 5.33. The lowest BCUT2D eigenvalue weighted by molar-refractivity contribution is 0.623. The average Bonchev–Trinajstić information content (AvgIpc) is 2.37. The summed E-state index contributed by atoms with van der Waals surface area (Å²) in [6, 6.07) is 0. The number of nitrogens with zero attached hydrogens (tertiary/aromatic N) is 5. The lowest BCUT2D eigenvalue weighted by atomic mass is 10.6. The number of aromatic nitrogens is 2. The summed E-state index contributed by atoms with van der Waals surface area (Å²) in [4.78, 5) is 2.64. The van der Waals surface area contributed by atoms with Crippen LogP contribution in [0.4, 0.5) is 0 Å². The molecule has 0 aliphatic carbocycles. The first kappa shape index (κ1) is 8.35. The monoisotopic (exact) mass is 263 g/mol. The Bertz CT molecular complexity index is 274. The Labute approximate surface area is 77.2 Å². The molecule has 1 aromatic heterocycles. The standard InChI is InChI=1S/C5H6IN5/c6-5-3-9-11(4-5)2-1-8-10-7/h3-4H,1-2H2. The van der Waals surface area contributed by atoms with Gasteiger partial charge < -0.3 is 0 Å². The molecular formula is C5H6IN5. The molecule has 0 saturated carbocycles. The van der Waals surface area contributed by atoms with Gasteiger partial charge in [-0.2, -0.15) is 5.10 Å². The van der Waals surface area contributed by atoms with Crippen LogP contribution in [0, 0.1) is 3.57 Å². The lowest BCUT2D eigenvalue weighted by Gasteiger charge is -1.93. The SMILES string of the molecule is [N-]=[N+]=NCCn1cc(I)cn1. The van der Waals surface area contributed by atoms with Crippen molar-refractivity contribution in [2.24, 2.45) is 5.11 Å². The summed E-state index contributed by atoms with van der Waals surface area (Å²) in [5, 5.41) is 7.41. The molecule has 0 saturated heterocycles. The Morgan fingerprint density at radius 3 is 3.18 bits per heavy atom. The third-order valence-corrected chi connectivity index (χ3v) is 1.65. The normalized spacial score (nSPS) is 9.18. The minimum absolute atomic E-state index is 0.453. The number of rotatable bonds is 3. The van der Waals surface area contributed by atoms with Crippen molar-refractivity contribution in [1.29, 1.82) is 0 Å². The van der Waals surface area contributed by atoms with Crippen LogP contribution in [-0.2, 0) is 6.54 Å². The molecule has 58 valence electrons. The van der Waals surface area contributed by atoms with Crippen LogP contribution in [-0.4, -0.2) is 16.3 Å². The Hall–Kier alpha value is -0.750. The van der Waals surface area contributed by atoms with Gasteiger partial charge in [0.05, 0.1) is 9.77 Å². The second kappa shape index (κ2) is 4.20. The molecule has 1 aromatic rings. The molecular weight excluding hydrogens is 257 g/mol. The minimum Gasteiger partial charge on any atom is -0.272 e. The Morgan fingerprint density at radius 1 is 1.82 bits per heavy atom. The van der Waals surface area contributed by atoms with E-state index in [0.717, 1.165) is 3.57 Å². The zero-order valence-electron chi connectivity index (χ0n) is 5.68. The number of halogens is 1. The van der Waals surface area contributed by atoms with Crippen molar-refractivity contribution in [3.8, 4) is 0 Å². The van der Waals surface area contributed by atoms with Gasteiger partial charge in [-0.3, -0.25) is 4.68 Å². The van der Waals surface area contributed by atoms with E-state index >= 15 is 0 Å². The molecule has 1 rings (SSSR count). The van der Waals surface area contributed by atoms with Crippen LogP contribution in [0.25, 0.3) is 10.4 Å². The van der Waals surface area contributed by atoms with Crippen molar-refractivity contribution >= 4 is 22.6 Å². The van der Waals surface area contributed by atoms with E-state index in [1.165, 1.54) is 0 Å². The fraction of sp³-hybridized carbons (Fsp3) is 0.400. The smallest absolute Gasteiger partial charge is 0.0623 e. The predicted molar refractivity (Wildman–Crippen MR) is 49.0 cm³/mol. The van der Waals surface area contributed by atoms with Crippen molar-refractivity contribution < 1.29 is 0 Å². The second-order valence-electron chi connectivity index (χ2n) is 1.88. The highest BCUT2D eigenvalue weighted by molar-refractivity contribution is 14.1. The molecule has 0 unspecified atom stereocenters. The molecule has 0 atom stereocenters. The maximum atomic E-state index is 7.98. The molecule has 1 heterocycles. The largest absolute Gasteiger partial charge is 0.272 e. The van der Waals surface area contributed by atoms with Crippen LogP contribution in [0.5, 0.6) is 0 Å². The molecule has 6 heteroatoms. The van der Waals surface area contributed by atoms with Crippen LogP contribution >= 0.6 is 22.6 Å². The maximum absolute atomic E-state index is 7.98. The van der Waals surface area contributed by atoms with Crippen molar-refractivity contribution in [3.05, 3.63) is 26.4 Å². The van der Waals surface area contributed by atoms with Gasteiger partial charge >= 0.3 is 0 Å². The molecule has 11 heavy (non-hydrogen) atoms. The Kier molecular flexibility index (Phi) is 3.18. The number of azide groups is 1. The zero-order chi connectivity index (χ0) is 8.10. The summed E-state index contributed by atoms with van der Waals surface area (Å²) in [7, 11) is 0. The van der Waals surface area contributed by atoms with E-state index in [-0.39, 0.29) is 0 Å². The van der Waals surface area contributed by atoms with Crippen molar-refractivity contribution in [2.45, 2.75) is 6.54 Å². The summed E-state index contributed by atoms with van der Waals surface area (Å²) < 4.78 is 2.83. The zero-order valence-corrected chi connectivity index (χ0v) is 7.84. The third-order valence-electron chi connectivity index (χ3n) is 1.09.